The van der Waals surface area contributed by atoms with Gasteiger partial charge in [0.05, 0.1) is 23.3 Å². The third-order valence-corrected chi connectivity index (χ3v) is 5.64. The van der Waals surface area contributed by atoms with Gasteiger partial charge in [0.2, 0.25) is 0 Å². The first-order valence-electron chi connectivity index (χ1n) is 10.2. The molecule has 0 aliphatic carbocycles. The molecule has 0 radical (unpaired) electrons. The van der Waals surface area contributed by atoms with Crippen molar-refractivity contribution in [2.24, 2.45) is 0 Å². The van der Waals surface area contributed by atoms with E-state index in [9.17, 15) is 4.79 Å². The quantitative estimate of drug-likeness (QED) is 0.488. The van der Waals surface area contributed by atoms with Crippen LogP contribution in [-0.2, 0) is 13.0 Å². The van der Waals surface area contributed by atoms with Crippen LogP contribution in [0.2, 0.25) is 0 Å². The van der Waals surface area contributed by atoms with Gasteiger partial charge in [-0.3, -0.25) is 9.36 Å². The minimum absolute atomic E-state index is 0.0521. The van der Waals surface area contributed by atoms with Gasteiger partial charge >= 0.3 is 0 Å². The van der Waals surface area contributed by atoms with Gasteiger partial charge in [-0.2, -0.15) is 5.10 Å². The lowest BCUT2D eigenvalue weighted by atomic mass is 10.1. The van der Waals surface area contributed by atoms with Crippen molar-refractivity contribution >= 4 is 27.6 Å². The lowest BCUT2D eigenvalue weighted by molar-refractivity contribution is 0.658. The number of anilines is 1. The van der Waals surface area contributed by atoms with E-state index in [-0.39, 0.29) is 5.56 Å². The molecule has 0 aliphatic rings. The lowest BCUT2D eigenvalue weighted by Gasteiger charge is -2.17. The van der Waals surface area contributed by atoms with Gasteiger partial charge in [-0.05, 0) is 42.5 Å². The van der Waals surface area contributed by atoms with E-state index >= 15 is 0 Å². The fraction of sp³-hybridized carbons (Fsp3) is 0.167. The summed E-state index contributed by atoms with van der Waals surface area (Å²) in [6, 6.07) is 17.6. The molecular weight excluding hydrogens is 388 g/mol. The summed E-state index contributed by atoms with van der Waals surface area (Å²) in [6.07, 6.45) is 2.16. The number of benzene rings is 2. The van der Waals surface area contributed by atoms with Crippen LogP contribution in [0.1, 0.15) is 23.9 Å². The molecule has 7 heteroatoms. The van der Waals surface area contributed by atoms with Crippen LogP contribution in [0.25, 0.3) is 27.5 Å². The standard InChI is InChI=1S/C24H22N6O/c1-3-19-21-22(25)26-14-27-23(21)29(28-19)13-17-12-16-9-5-6-10-18(16)24(31)30(17)20-11-7-4-8-15(20)2/h4-12,14H,3,13H2,1-2H3,(H2,25,26,27). The number of hydrogen-bond donors (Lipinski definition) is 1. The number of nitrogens with zero attached hydrogens (tertiary/aromatic N) is 5. The van der Waals surface area contributed by atoms with Gasteiger partial charge < -0.3 is 5.73 Å². The summed E-state index contributed by atoms with van der Waals surface area (Å²) in [5.74, 6) is 0.419. The molecule has 0 amide bonds. The van der Waals surface area contributed by atoms with Crippen molar-refractivity contribution in [2.45, 2.75) is 26.8 Å². The average Bonchev–Trinajstić information content (AvgIpc) is 3.14. The first-order valence-corrected chi connectivity index (χ1v) is 10.2. The number of aryl methyl sites for hydroxylation is 2. The monoisotopic (exact) mass is 410 g/mol. The van der Waals surface area contributed by atoms with Crippen molar-refractivity contribution in [1.82, 2.24) is 24.3 Å². The normalized spacial score (nSPS) is 11.4. The van der Waals surface area contributed by atoms with Crippen molar-refractivity contribution in [1.29, 1.82) is 0 Å². The molecule has 0 saturated heterocycles. The topological polar surface area (TPSA) is 91.6 Å². The van der Waals surface area contributed by atoms with E-state index in [0.29, 0.717) is 29.8 Å². The Morgan fingerprint density at radius 1 is 1.03 bits per heavy atom. The third kappa shape index (κ3) is 3.06. The average molecular weight is 410 g/mol. The van der Waals surface area contributed by atoms with Gasteiger partial charge in [0.25, 0.3) is 5.56 Å². The molecule has 3 aromatic heterocycles. The van der Waals surface area contributed by atoms with E-state index < -0.39 is 0 Å². The van der Waals surface area contributed by atoms with Gasteiger partial charge in [0, 0.05) is 11.1 Å². The number of nitrogens with two attached hydrogens (primary N) is 1. The maximum Gasteiger partial charge on any atom is 0.263 e. The maximum absolute atomic E-state index is 13.6. The maximum atomic E-state index is 13.6. The zero-order chi connectivity index (χ0) is 21.5. The number of para-hydroxylation sites is 1. The fourth-order valence-corrected chi connectivity index (χ4v) is 4.12. The summed E-state index contributed by atoms with van der Waals surface area (Å²) in [5.41, 5.74) is 10.3. The SMILES string of the molecule is CCc1nn(Cc2cc3ccccc3c(=O)n2-c2ccccc2C)c2ncnc(N)c12. The van der Waals surface area contributed by atoms with Gasteiger partial charge in [0.1, 0.15) is 12.1 Å². The molecular formula is C24H22N6O. The molecule has 7 nitrogen and oxygen atoms in total. The Kier molecular flexibility index (Phi) is 4.51. The molecule has 154 valence electrons. The minimum Gasteiger partial charge on any atom is -0.383 e. The van der Waals surface area contributed by atoms with Crippen LogP contribution in [0.3, 0.4) is 0 Å². The Morgan fingerprint density at radius 3 is 2.61 bits per heavy atom. The molecule has 0 aliphatic heterocycles. The largest absolute Gasteiger partial charge is 0.383 e. The highest BCUT2D eigenvalue weighted by Crippen LogP contribution is 2.24. The Hall–Kier alpha value is -4.00. The molecule has 5 aromatic rings. The van der Waals surface area contributed by atoms with Crippen LogP contribution in [-0.4, -0.2) is 24.3 Å². The van der Waals surface area contributed by atoms with Crippen molar-refractivity contribution in [3.05, 3.63) is 88.2 Å². The van der Waals surface area contributed by atoms with E-state index in [1.165, 1.54) is 6.33 Å². The highest BCUT2D eigenvalue weighted by atomic mass is 16.1. The Labute approximate surface area is 178 Å². The summed E-state index contributed by atoms with van der Waals surface area (Å²) >= 11 is 0. The Morgan fingerprint density at radius 2 is 1.81 bits per heavy atom. The summed E-state index contributed by atoms with van der Waals surface area (Å²) in [7, 11) is 0. The zero-order valence-corrected chi connectivity index (χ0v) is 17.4. The van der Waals surface area contributed by atoms with E-state index in [2.05, 4.69) is 9.97 Å². The second kappa shape index (κ2) is 7.36. The second-order valence-electron chi connectivity index (χ2n) is 7.57. The molecule has 0 spiro atoms. The number of pyridine rings is 1. The van der Waals surface area contributed by atoms with E-state index in [4.69, 9.17) is 10.8 Å². The number of hydrogen-bond acceptors (Lipinski definition) is 5. The summed E-state index contributed by atoms with van der Waals surface area (Å²) in [5, 5.41) is 7.10. The molecule has 0 saturated carbocycles. The van der Waals surface area contributed by atoms with Crippen molar-refractivity contribution in [2.75, 3.05) is 5.73 Å². The molecule has 0 atom stereocenters. The van der Waals surface area contributed by atoms with E-state index in [0.717, 1.165) is 33.4 Å². The molecule has 0 bridgehead atoms. The first kappa shape index (κ1) is 19.0. The first-order chi connectivity index (χ1) is 15.1. The highest BCUT2D eigenvalue weighted by Gasteiger charge is 2.18. The van der Waals surface area contributed by atoms with Crippen molar-refractivity contribution in [3.8, 4) is 5.69 Å². The number of rotatable bonds is 4. The highest BCUT2D eigenvalue weighted by molar-refractivity contribution is 5.88. The molecule has 2 N–H and O–H groups in total. The predicted molar refractivity (Wildman–Crippen MR) is 122 cm³/mol. The van der Waals surface area contributed by atoms with Gasteiger partial charge in [0.15, 0.2) is 5.65 Å². The molecule has 0 fully saturated rings. The molecule has 31 heavy (non-hydrogen) atoms. The van der Waals surface area contributed by atoms with Crippen LogP contribution < -0.4 is 11.3 Å². The van der Waals surface area contributed by atoms with Crippen LogP contribution in [0, 0.1) is 6.92 Å². The predicted octanol–water partition coefficient (Wildman–Crippen LogP) is 3.63. The van der Waals surface area contributed by atoms with Gasteiger partial charge in [-0.25, -0.2) is 14.6 Å². The smallest absolute Gasteiger partial charge is 0.263 e. The molecule has 5 rings (SSSR count). The minimum atomic E-state index is -0.0521. The van der Waals surface area contributed by atoms with Crippen molar-refractivity contribution < 1.29 is 0 Å². The third-order valence-electron chi connectivity index (χ3n) is 5.64. The number of aromatic nitrogens is 5. The lowest BCUT2D eigenvalue weighted by Crippen LogP contribution is -2.24. The Bertz CT molecular complexity index is 1500. The summed E-state index contributed by atoms with van der Waals surface area (Å²) in [4.78, 5) is 22.1. The fourth-order valence-electron chi connectivity index (χ4n) is 4.12. The van der Waals surface area contributed by atoms with Crippen LogP contribution in [0.15, 0.2) is 65.7 Å². The van der Waals surface area contributed by atoms with Gasteiger partial charge in [-0.1, -0.05) is 43.3 Å². The summed E-state index contributed by atoms with van der Waals surface area (Å²) < 4.78 is 3.59. The van der Waals surface area contributed by atoms with E-state index in [1.807, 2.05) is 73.1 Å². The second-order valence-corrected chi connectivity index (χ2v) is 7.57. The van der Waals surface area contributed by atoms with E-state index in [1.54, 1.807) is 4.57 Å². The Balaban J connectivity index is 1.79. The summed E-state index contributed by atoms with van der Waals surface area (Å²) in [6.45, 7) is 4.41. The number of nitrogen functional groups attached to an aromatic ring is 1. The number of fused-ring (bicyclic) bond motifs is 2. The van der Waals surface area contributed by atoms with Crippen molar-refractivity contribution in [3.63, 3.8) is 0 Å². The van der Waals surface area contributed by atoms with Crippen LogP contribution in [0.4, 0.5) is 5.82 Å². The van der Waals surface area contributed by atoms with Crippen LogP contribution in [0.5, 0.6) is 0 Å². The molecule has 2 aromatic carbocycles. The zero-order valence-electron chi connectivity index (χ0n) is 17.4. The van der Waals surface area contributed by atoms with Crippen LogP contribution >= 0.6 is 0 Å². The molecule has 0 unspecified atom stereocenters. The van der Waals surface area contributed by atoms with Gasteiger partial charge in [-0.15, -0.1) is 0 Å². The molecule has 3 heterocycles.